The molecule has 1 heterocycles. The van der Waals surface area contributed by atoms with Gasteiger partial charge < -0.3 is 5.11 Å². The predicted octanol–water partition coefficient (Wildman–Crippen LogP) is 5.05. The maximum absolute atomic E-state index is 11.3. The van der Waals surface area contributed by atoms with E-state index in [4.69, 9.17) is 11.6 Å². The Morgan fingerprint density at radius 1 is 1.47 bits per heavy atom. The molecule has 0 spiro atoms. The largest absolute Gasteiger partial charge is 0.476 e. The van der Waals surface area contributed by atoms with Gasteiger partial charge in [0.1, 0.15) is 0 Å². The summed E-state index contributed by atoms with van der Waals surface area (Å²) in [6.07, 6.45) is 0. The van der Waals surface area contributed by atoms with E-state index in [1.54, 1.807) is 18.2 Å². The predicted molar refractivity (Wildman–Crippen MR) is 81.3 cm³/mol. The van der Waals surface area contributed by atoms with Gasteiger partial charge in [-0.05, 0) is 12.1 Å². The summed E-state index contributed by atoms with van der Waals surface area (Å²) >= 11 is 10.7. The first-order valence-corrected chi connectivity index (χ1v) is 7.58. The summed E-state index contributed by atoms with van der Waals surface area (Å²) in [5.41, 5.74) is 0.892. The smallest absolute Gasteiger partial charge is 0.356 e. The van der Waals surface area contributed by atoms with Crippen LogP contribution in [-0.2, 0) is 0 Å². The lowest BCUT2D eigenvalue weighted by Gasteiger charge is -2.03. The number of aromatic nitrogens is 1. The summed E-state index contributed by atoms with van der Waals surface area (Å²) in [5, 5.41) is 10.7. The summed E-state index contributed by atoms with van der Waals surface area (Å²) in [6, 6.07) is 5.29. The van der Waals surface area contributed by atoms with Gasteiger partial charge in [-0.15, -0.1) is 11.3 Å². The summed E-state index contributed by atoms with van der Waals surface area (Å²) in [4.78, 5) is 16.2. The van der Waals surface area contributed by atoms with Crippen molar-refractivity contribution in [2.24, 2.45) is 0 Å². The molecule has 0 radical (unpaired) electrons. The van der Waals surface area contributed by atoms with Crippen molar-refractivity contribution in [3.63, 3.8) is 0 Å². The fraction of sp³-hybridized carbons (Fsp3) is 0.231. The fourth-order valence-electron chi connectivity index (χ4n) is 1.58. The lowest BCUT2D eigenvalue weighted by atomic mass is 10.1. The number of benzene rings is 1. The molecule has 0 saturated heterocycles. The Hall–Kier alpha value is -0.910. The van der Waals surface area contributed by atoms with Crippen molar-refractivity contribution in [2.45, 2.75) is 19.8 Å². The van der Waals surface area contributed by atoms with Crippen molar-refractivity contribution in [2.75, 3.05) is 0 Å². The Bertz CT molecular complexity index is 640. The van der Waals surface area contributed by atoms with Gasteiger partial charge in [0.2, 0.25) is 0 Å². The zero-order valence-electron chi connectivity index (χ0n) is 10.3. The van der Waals surface area contributed by atoms with Crippen molar-refractivity contribution in [3.05, 3.63) is 38.4 Å². The van der Waals surface area contributed by atoms with E-state index >= 15 is 0 Å². The van der Waals surface area contributed by atoms with E-state index < -0.39 is 5.97 Å². The van der Waals surface area contributed by atoms with Crippen molar-refractivity contribution >= 4 is 44.8 Å². The highest BCUT2D eigenvalue weighted by atomic mass is 79.9. The van der Waals surface area contributed by atoms with Gasteiger partial charge in [0.15, 0.2) is 5.69 Å². The summed E-state index contributed by atoms with van der Waals surface area (Å²) in [7, 11) is 0. The Labute approximate surface area is 128 Å². The second-order valence-corrected chi connectivity index (χ2v) is 6.64. The maximum atomic E-state index is 11.3. The van der Waals surface area contributed by atoms with Crippen LogP contribution in [0.25, 0.3) is 10.4 Å². The van der Waals surface area contributed by atoms with Crippen LogP contribution >= 0.6 is 38.9 Å². The van der Waals surface area contributed by atoms with Crippen LogP contribution in [0, 0.1) is 0 Å². The highest BCUT2D eigenvalue weighted by Gasteiger charge is 2.21. The van der Waals surface area contributed by atoms with Crippen LogP contribution in [-0.4, -0.2) is 16.1 Å². The molecule has 0 bridgehead atoms. The van der Waals surface area contributed by atoms with Crippen LogP contribution in [0.1, 0.15) is 35.3 Å². The third-order valence-corrected chi connectivity index (χ3v) is 4.80. The molecule has 0 aliphatic carbocycles. The molecule has 3 nitrogen and oxygen atoms in total. The molecule has 19 heavy (non-hydrogen) atoms. The van der Waals surface area contributed by atoms with Crippen LogP contribution in [0.4, 0.5) is 0 Å². The van der Waals surface area contributed by atoms with Crippen molar-refractivity contribution in [1.29, 1.82) is 0 Å². The number of hydrogen-bond acceptors (Lipinski definition) is 3. The van der Waals surface area contributed by atoms with Crippen molar-refractivity contribution < 1.29 is 9.90 Å². The minimum Gasteiger partial charge on any atom is -0.476 e. The molecular weight excluding hydrogens is 350 g/mol. The fourth-order valence-corrected chi connectivity index (χ4v) is 3.70. The van der Waals surface area contributed by atoms with Crippen LogP contribution in [0.15, 0.2) is 22.7 Å². The lowest BCUT2D eigenvalue weighted by Crippen LogP contribution is -1.99. The SMILES string of the molecule is CC(C)c1nc(C(=O)O)c(-c2ccc(Cl)cc2Br)s1. The van der Waals surface area contributed by atoms with Crippen LogP contribution in [0.3, 0.4) is 0 Å². The Morgan fingerprint density at radius 3 is 2.68 bits per heavy atom. The van der Waals surface area contributed by atoms with E-state index in [0.29, 0.717) is 9.90 Å². The number of halogens is 2. The first-order valence-electron chi connectivity index (χ1n) is 5.59. The van der Waals surface area contributed by atoms with E-state index in [0.717, 1.165) is 15.0 Å². The van der Waals surface area contributed by atoms with Gasteiger partial charge in [-0.3, -0.25) is 0 Å². The number of carboxylic acids is 1. The molecular formula is C13H11BrClNO2S. The van der Waals surface area contributed by atoms with E-state index in [-0.39, 0.29) is 11.6 Å². The molecule has 0 atom stereocenters. The summed E-state index contributed by atoms with van der Waals surface area (Å²) in [5.74, 6) is -0.817. The van der Waals surface area contributed by atoms with Crippen LogP contribution in [0.2, 0.25) is 5.02 Å². The molecule has 2 rings (SSSR count). The minimum absolute atomic E-state index is 0.0942. The molecule has 0 aliphatic heterocycles. The van der Waals surface area contributed by atoms with Gasteiger partial charge in [0, 0.05) is 21.0 Å². The minimum atomic E-state index is -1.01. The van der Waals surface area contributed by atoms with Gasteiger partial charge in [0.25, 0.3) is 0 Å². The maximum Gasteiger partial charge on any atom is 0.356 e. The third-order valence-electron chi connectivity index (χ3n) is 2.52. The molecule has 0 unspecified atom stereocenters. The molecule has 0 fully saturated rings. The quantitative estimate of drug-likeness (QED) is 0.833. The molecule has 0 saturated carbocycles. The average Bonchev–Trinajstić information content (AvgIpc) is 2.73. The molecule has 0 aliphatic rings. The van der Waals surface area contributed by atoms with Gasteiger partial charge in [-0.2, -0.15) is 0 Å². The van der Waals surface area contributed by atoms with Crippen molar-refractivity contribution in [3.8, 4) is 10.4 Å². The Morgan fingerprint density at radius 2 is 2.16 bits per heavy atom. The Balaban J connectivity index is 2.63. The molecule has 1 aromatic heterocycles. The van der Waals surface area contributed by atoms with E-state index in [9.17, 15) is 9.90 Å². The molecule has 6 heteroatoms. The average molecular weight is 361 g/mol. The highest BCUT2D eigenvalue weighted by Crippen LogP contribution is 2.38. The second kappa shape index (κ2) is 5.61. The van der Waals surface area contributed by atoms with Gasteiger partial charge in [0.05, 0.1) is 9.88 Å². The lowest BCUT2D eigenvalue weighted by molar-refractivity contribution is 0.0692. The number of rotatable bonds is 3. The van der Waals surface area contributed by atoms with E-state index in [1.165, 1.54) is 11.3 Å². The van der Waals surface area contributed by atoms with Gasteiger partial charge >= 0.3 is 5.97 Å². The topological polar surface area (TPSA) is 50.2 Å². The molecule has 100 valence electrons. The number of aromatic carboxylic acids is 1. The zero-order chi connectivity index (χ0) is 14.2. The number of nitrogens with zero attached hydrogens (tertiary/aromatic N) is 1. The van der Waals surface area contributed by atoms with Crippen molar-refractivity contribution in [1.82, 2.24) is 4.98 Å². The van der Waals surface area contributed by atoms with E-state index in [1.807, 2.05) is 13.8 Å². The normalized spacial score (nSPS) is 11.0. The molecule has 2 aromatic rings. The number of thiazole rings is 1. The van der Waals surface area contributed by atoms with Gasteiger partial charge in [-0.1, -0.05) is 47.4 Å². The second-order valence-electron chi connectivity index (χ2n) is 4.31. The summed E-state index contributed by atoms with van der Waals surface area (Å²) < 4.78 is 0.765. The van der Waals surface area contributed by atoms with Crippen LogP contribution < -0.4 is 0 Å². The molecule has 1 N–H and O–H groups in total. The first-order chi connectivity index (χ1) is 8.90. The number of hydrogen-bond donors (Lipinski definition) is 1. The number of carboxylic acid groups (broad SMARTS) is 1. The monoisotopic (exact) mass is 359 g/mol. The Kier molecular flexibility index (Phi) is 4.28. The van der Waals surface area contributed by atoms with Crippen LogP contribution in [0.5, 0.6) is 0 Å². The zero-order valence-corrected chi connectivity index (χ0v) is 13.4. The number of carbonyl (C=O) groups is 1. The third kappa shape index (κ3) is 2.99. The van der Waals surface area contributed by atoms with Gasteiger partial charge in [-0.25, -0.2) is 9.78 Å². The molecule has 1 aromatic carbocycles. The standard InChI is InChI=1S/C13H11BrClNO2S/c1-6(2)12-16-10(13(17)18)11(19-12)8-4-3-7(15)5-9(8)14/h3-6H,1-2H3,(H,17,18). The summed E-state index contributed by atoms with van der Waals surface area (Å²) in [6.45, 7) is 3.98. The molecule has 0 amide bonds. The van der Waals surface area contributed by atoms with E-state index in [2.05, 4.69) is 20.9 Å². The first kappa shape index (κ1) is 14.5. The highest BCUT2D eigenvalue weighted by molar-refractivity contribution is 9.10.